The molecule has 0 saturated carbocycles. The average molecular weight is 230 g/mol. The van der Waals surface area contributed by atoms with Crippen LogP contribution in [-0.2, 0) is 0 Å². The monoisotopic (exact) mass is 230 g/mol. The summed E-state index contributed by atoms with van der Waals surface area (Å²) in [7, 11) is 0. The first-order valence-corrected chi connectivity index (χ1v) is 4.99. The molecule has 0 radical (unpaired) electrons. The van der Waals surface area contributed by atoms with Crippen LogP contribution in [0.25, 0.3) is 5.69 Å². The Balaban J connectivity index is 2.66. The number of benzene rings is 1. The first-order valence-electron chi connectivity index (χ1n) is 4.99. The molecule has 1 aromatic heterocycles. The van der Waals surface area contributed by atoms with Gasteiger partial charge in [0.25, 0.3) is 5.43 Å². The van der Waals surface area contributed by atoms with E-state index in [0.717, 1.165) is 0 Å². The molecule has 0 aliphatic heterocycles. The Labute approximate surface area is 97.0 Å². The second kappa shape index (κ2) is 4.21. The van der Waals surface area contributed by atoms with Gasteiger partial charge < -0.3 is 5.11 Å². The summed E-state index contributed by atoms with van der Waals surface area (Å²) < 4.78 is 1.30. The van der Waals surface area contributed by atoms with Crippen molar-refractivity contribution in [2.75, 3.05) is 0 Å². The largest absolute Gasteiger partial charge is 0.503 e. The molecule has 5 heteroatoms. The molecule has 0 unspecified atom stereocenters. The van der Waals surface area contributed by atoms with Crippen molar-refractivity contribution >= 4 is 5.78 Å². The van der Waals surface area contributed by atoms with Gasteiger partial charge in [-0.2, -0.15) is 5.10 Å². The Morgan fingerprint density at radius 1 is 1.29 bits per heavy atom. The Bertz CT molecular complexity index is 617. The summed E-state index contributed by atoms with van der Waals surface area (Å²) in [5, 5.41) is 13.4. The van der Waals surface area contributed by atoms with Crippen LogP contribution in [0.5, 0.6) is 5.75 Å². The van der Waals surface area contributed by atoms with Crippen molar-refractivity contribution in [3.8, 4) is 11.4 Å². The molecule has 0 amide bonds. The third-order valence-corrected chi connectivity index (χ3v) is 2.25. The van der Waals surface area contributed by atoms with E-state index in [1.54, 1.807) is 24.3 Å². The van der Waals surface area contributed by atoms with Crippen LogP contribution in [0.3, 0.4) is 0 Å². The van der Waals surface area contributed by atoms with E-state index < -0.39 is 17.0 Å². The molecule has 86 valence electrons. The van der Waals surface area contributed by atoms with Gasteiger partial charge in [0.05, 0.1) is 11.9 Å². The summed E-state index contributed by atoms with van der Waals surface area (Å²) in [5.74, 6) is -0.968. The molecule has 0 fully saturated rings. The lowest BCUT2D eigenvalue weighted by Gasteiger charge is -2.06. The van der Waals surface area contributed by atoms with Crippen LogP contribution in [0.1, 0.15) is 17.4 Å². The Kier molecular flexibility index (Phi) is 2.74. The van der Waals surface area contributed by atoms with Crippen LogP contribution in [0.2, 0.25) is 0 Å². The zero-order valence-electron chi connectivity index (χ0n) is 9.12. The summed E-state index contributed by atoms with van der Waals surface area (Å²) in [5.41, 5.74) is -0.358. The first-order chi connectivity index (χ1) is 8.09. The van der Waals surface area contributed by atoms with E-state index >= 15 is 0 Å². The van der Waals surface area contributed by atoms with Gasteiger partial charge in [0.2, 0.25) is 0 Å². The minimum absolute atomic E-state index is 0.270. The smallest absolute Gasteiger partial charge is 0.252 e. The van der Waals surface area contributed by atoms with Gasteiger partial charge in [0.1, 0.15) is 0 Å². The number of aromatic nitrogens is 2. The van der Waals surface area contributed by atoms with Crippen LogP contribution < -0.4 is 5.43 Å². The fourth-order valence-corrected chi connectivity index (χ4v) is 1.42. The van der Waals surface area contributed by atoms with Crippen molar-refractivity contribution in [3.05, 3.63) is 52.4 Å². The number of rotatable bonds is 2. The Hall–Kier alpha value is -2.43. The Morgan fingerprint density at radius 2 is 1.94 bits per heavy atom. The lowest BCUT2D eigenvalue weighted by molar-refractivity contribution is 0.100. The molecule has 17 heavy (non-hydrogen) atoms. The third-order valence-electron chi connectivity index (χ3n) is 2.25. The molecule has 0 spiro atoms. The zero-order valence-corrected chi connectivity index (χ0v) is 9.12. The fourth-order valence-electron chi connectivity index (χ4n) is 1.42. The van der Waals surface area contributed by atoms with Gasteiger partial charge in [-0.3, -0.25) is 9.59 Å². The predicted molar refractivity (Wildman–Crippen MR) is 61.5 cm³/mol. The standard InChI is InChI=1S/C12H10N2O3/c1-8(15)11-12(17)10(16)7-14(13-11)9-5-3-2-4-6-9/h2-7,16H,1H3. The van der Waals surface area contributed by atoms with Crippen LogP contribution >= 0.6 is 0 Å². The highest BCUT2D eigenvalue weighted by Gasteiger charge is 2.13. The number of carbonyl (C=O) groups is 1. The van der Waals surface area contributed by atoms with Crippen molar-refractivity contribution in [1.29, 1.82) is 0 Å². The molecule has 0 bridgehead atoms. The van der Waals surface area contributed by atoms with Gasteiger partial charge in [-0.15, -0.1) is 0 Å². The SMILES string of the molecule is CC(=O)c1nn(-c2ccccc2)cc(O)c1=O. The fraction of sp³-hybridized carbons (Fsp3) is 0.0833. The topological polar surface area (TPSA) is 72.2 Å². The van der Waals surface area contributed by atoms with Crippen LogP contribution in [0.15, 0.2) is 41.3 Å². The zero-order chi connectivity index (χ0) is 12.4. The van der Waals surface area contributed by atoms with E-state index in [9.17, 15) is 14.7 Å². The number of aromatic hydroxyl groups is 1. The van der Waals surface area contributed by atoms with E-state index in [1.165, 1.54) is 17.8 Å². The summed E-state index contributed by atoms with van der Waals surface area (Å²) in [6, 6.07) is 8.92. The third kappa shape index (κ3) is 2.08. The highest BCUT2D eigenvalue weighted by atomic mass is 16.3. The molecule has 1 aromatic carbocycles. The maximum Gasteiger partial charge on any atom is 0.252 e. The van der Waals surface area contributed by atoms with Crippen molar-refractivity contribution < 1.29 is 9.90 Å². The second-order valence-corrected chi connectivity index (χ2v) is 3.53. The van der Waals surface area contributed by atoms with E-state index in [2.05, 4.69) is 5.10 Å². The van der Waals surface area contributed by atoms with Gasteiger partial charge in [-0.1, -0.05) is 18.2 Å². The first kappa shape index (κ1) is 11.1. The number of para-hydroxylation sites is 1. The van der Waals surface area contributed by atoms with Gasteiger partial charge in [-0.05, 0) is 12.1 Å². The average Bonchev–Trinajstić information content (AvgIpc) is 2.33. The van der Waals surface area contributed by atoms with Crippen molar-refractivity contribution in [3.63, 3.8) is 0 Å². The summed E-state index contributed by atoms with van der Waals surface area (Å²) in [4.78, 5) is 22.7. The van der Waals surface area contributed by atoms with Crippen molar-refractivity contribution in [2.24, 2.45) is 0 Å². The highest BCUT2D eigenvalue weighted by molar-refractivity contribution is 5.92. The van der Waals surface area contributed by atoms with Crippen LogP contribution in [0.4, 0.5) is 0 Å². The van der Waals surface area contributed by atoms with E-state index in [0.29, 0.717) is 5.69 Å². The summed E-state index contributed by atoms with van der Waals surface area (Å²) >= 11 is 0. The number of carbonyl (C=O) groups excluding carboxylic acids is 1. The molecule has 2 rings (SSSR count). The van der Waals surface area contributed by atoms with Gasteiger partial charge in [0.15, 0.2) is 17.2 Å². The number of hydrogen-bond acceptors (Lipinski definition) is 4. The number of nitrogens with zero attached hydrogens (tertiary/aromatic N) is 2. The van der Waals surface area contributed by atoms with E-state index in [1.807, 2.05) is 6.07 Å². The lowest BCUT2D eigenvalue weighted by atomic mass is 10.2. The lowest BCUT2D eigenvalue weighted by Crippen LogP contribution is -2.19. The number of Topliss-reactive ketones (excluding diaryl/α,β-unsaturated/α-hetero) is 1. The van der Waals surface area contributed by atoms with Gasteiger partial charge in [0, 0.05) is 6.92 Å². The molecule has 0 atom stereocenters. The minimum atomic E-state index is -0.746. The molecule has 5 nitrogen and oxygen atoms in total. The van der Waals surface area contributed by atoms with Gasteiger partial charge in [-0.25, -0.2) is 4.68 Å². The molecular weight excluding hydrogens is 220 g/mol. The predicted octanol–water partition coefficient (Wildman–Crippen LogP) is 1.14. The molecule has 1 N–H and O–H groups in total. The summed E-state index contributed by atoms with van der Waals surface area (Å²) in [6.07, 6.45) is 1.18. The maximum absolute atomic E-state index is 11.4. The van der Waals surface area contributed by atoms with Gasteiger partial charge >= 0.3 is 0 Å². The Morgan fingerprint density at radius 3 is 2.53 bits per heavy atom. The maximum atomic E-state index is 11.4. The quantitative estimate of drug-likeness (QED) is 0.785. The normalized spacial score (nSPS) is 10.2. The van der Waals surface area contributed by atoms with Crippen molar-refractivity contribution in [2.45, 2.75) is 6.92 Å². The minimum Gasteiger partial charge on any atom is -0.503 e. The summed E-state index contributed by atoms with van der Waals surface area (Å²) in [6.45, 7) is 1.23. The molecule has 0 aliphatic rings. The molecule has 1 heterocycles. The van der Waals surface area contributed by atoms with E-state index in [4.69, 9.17) is 0 Å². The second-order valence-electron chi connectivity index (χ2n) is 3.53. The molecule has 0 saturated heterocycles. The van der Waals surface area contributed by atoms with E-state index in [-0.39, 0.29) is 5.69 Å². The van der Waals surface area contributed by atoms with Crippen LogP contribution in [0, 0.1) is 0 Å². The molecule has 0 aliphatic carbocycles. The highest BCUT2D eigenvalue weighted by Crippen LogP contribution is 2.08. The molecular formula is C12H10N2O3. The van der Waals surface area contributed by atoms with Crippen LogP contribution in [-0.4, -0.2) is 20.7 Å². The molecule has 2 aromatic rings. The van der Waals surface area contributed by atoms with Crippen molar-refractivity contribution in [1.82, 2.24) is 9.78 Å². The number of ketones is 1. The number of hydrogen-bond donors (Lipinski definition) is 1.